The van der Waals surface area contributed by atoms with Crippen LogP contribution in [0.25, 0.3) is 10.9 Å². The van der Waals surface area contributed by atoms with Gasteiger partial charge in [-0.1, -0.05) is 12.1 Å². The number of hydrogen-bond donors (Lipinski definition) is 3. The average molecular weight is 505 g/mol. The molecule has 9 heteroatoms. The second-order valence-electron chi connectivity index (χ2n) is 10.2. The number of nitrogens with zero attached hydrogens (tertiary/aromatic N) is 4. The third kappa shape index (κ3) is 6.10. The van der Waals surface area contributed by atoms with Crippen LogP contribution in [0.5, 0.6) is 0 Å². The van der Waals surface area contributed by atoms with Gasteiger partial charge in [-0.2, -0.15) is 5.10 Å². The molecular formula is C28H36N6O3. The van der Waals surface area contributed by atoms with E-state index in [0.717, 1.165) is 80.4 Å². The Hall–Kier alpha value is -3.46. The molecule has 1 aliphatic heterocycles. The van der Waals surface area contributed by atoms with Gasteiger partial charge in [-0.15, -0.1) is 0 Å². The van der Waals surface area contributed by atoms with Gasteiger partial charge in [0.15, 0.2) is 0 Å². The van der Waals surface area contributed by atoms with Crippen LogP contribution in [-0.4, -0.2) is 68.4 Å². The molecular weight excluding hydrogens is 468 g/mol. The molecule has 0 bridgehead atoms. The molecule has 196 valence electrons. The van der Waals surface area contributed by atoms with Crippen LogP contribution in [-0.2, 0) is 24.7 Å². The van der Waals surface area contributed by atoms with Gasteiger partial charge in [-0.05, 0) is 81.7 Å². The number of carbonyl (C=O) groups excluding carboxylic acids is 1. The lowest BCUT2D eigenvalue weighted by Crippen LogP contribution is -2.43. The van der Waals surface area contributed by atoms with E-state index in [0.29, 0.717) is 24.6 Å². The second-order valence-corrected chi connectivity index (χ2v) is 10.2. The van der Waals surface area contributed by atoms with Crippen LogP contribution in [0.2, 0.25) is 0 Å². The number of aromatic nitrogens is 3. The van der Waals surface area contributed by atoms with Gasteiger partial charge in [0.25, 0.3) is 5.91 Å². The predicted molar refractivity (Wildman–Crippen MR) is 143 cm³/mol. The summed E-state index contributed by atoms with van der Waals surface area (Å²) in [7, 11) is 1.82. The number of hydrogen-bond acceptors (Lipinski definition) is 6. The fraction of sp³-hybridized carbons (Fsp3) is 0.500. The molecule has 9 nitrogen and oxygen atoms in total. The summed E-state index contributed by atoms with van der Waals surface area (Å²) in [6.45, 7) is 2.58. The molecule has 1 atom stereocenters. The van der Waals surface area contributed by atoms with Crippen molar-refractivity contribution in [3.05, 3.63) is 53.3 Å². The first-order valence-corrected chi connectivity index (χ1v) is 13.4. The Morgan fingerprint density at radius 3 is 2.89 bits per heavy atom. The summed E-state index contributed by atoms with van der Waals surface area (Å²) in [6, 6.07) is 9.33. The van der Waals surface area contributed by atoms with Crippen LogP contribution >= 0.6 is 0 Å². The largest absolute Gasteiger partial charge is 0.480 e. The highest BCUT2D eigenvalue weighted by Crippen LogP contribution is 2.28. The van der Waals surface area contributed by atoms with E-state index in [2.05, 4.69) is 32.8 Å². The van der Waals surface area contributed by atoms with Gasteiger partial charge in [0.1, 0.15) is 11.9 Å². The minimum Gasteiger partial charge on any atom is -0.480 e. The highest BCUT2D eigenvalue weighted by Gasteiger charge is 2.30. The van der Waals surface area contributed by atoms with Crippen LogP contribution in [0.3, 0.4) is 0 Å². The molecule has 0 radical (unpaired) electrons. The summed E-state index contributed by atoms with van der Waals surface area (Å²) < 4.78 is 1.70. The lowest BCUT2D eigenvalue weighted by molar-refractivity contribution is -0.139. The van der Waals surface area contributed by atoms with E-state index < -0.39 is 12.0 Å². The van der Waals surface area contributed by atoms with E-state index in [1.165, 1.54) is 5.56 Å². The molecule has 1 unspecified atom stereocenters. The van der Waals surface area contributed by atoms with Crippen molar-refractivity contribution in [1.29, 1.82) is 0 Å². The molecule has 5 rings (SSSR count). The Bertz CT molecular complexity index is 1270. The van der Waals surface area contributed by atoms with Crippen molar-refractivity contribution in [3.63, 3.8) is 0 Å². The molecule has 1 aromatic carbocycles. The Kier molecular flexibility index (Phi) is 7.69. The van der Waals surface area contributed by atoms with Crippen molar-refractivity contribution < 1.29 is 14.7 Å². The van der Waals surface area contributed by atoms with Crippen molar-refractivity contribution in [2.75, 3.05) is 25.0 Å². The number of benzene rings is 1. The highest BCUT2D eigenvalue weighted by molar-refractivity contribution is 6.07. The molecule has 37 heavy (non-hydrogen) atoms. The van der Waals surface area contributed by atoms with Gasteiger partial charge < -0.3 is 20.6 Å². The van der Waals surface area contributed by atoms with Gasteiger partial charge in [0.2, 0.25) is 0 Å². The molecule has 1 fully saturated rings. The summed E-state index contributed by atoms with van der Waals surface area (Å²) in [5.41, 5.74) is 3.72. The minimum atomic E-state index is -1.01. The first-order valence-electron chi connectivity index (χ1n) is 13.4. The maximum atomic E-state index is 13.0. The number of anilines is 1. The van der Waals surface area contributed by atoms with E-state index in [9.17, 15) is 14.7 Å². The third-order valence-corrected chi connectivity index (χ3v) is 7.49. The molecule has 1 aliphatic carbocycles. The molecule has 1 amide bonds. The second kappa shape index (κ2) is 11.3. The van der Waals surface area contributed by atoms with Crippen LogP contribution < -0.4 is 10.6 Å². The quantitative estimate of drug-likeness (QED) is 0.324. The number of carboxylic acids is 1. The zero-order valence-electron chi connectivity index (χ0n) is 21.4. The Labute approximate surface area is 217 Å². The number of aliphatic carboxylic acids is 1. The number of fused-ring (bicyclic) bond motifs is 2. The van der Waals surface area contributed by atoms with Crippen molar-refractivity contribution in [2.45, 2.75) is 63.5 Å². The predicted octanol–water partition coefficient (Wildman–Crippen LogP) is 3.39. The molecule has 0 spiro atoms. The maximum Gasteiger partial charge on any atom is 0.326 e. The molecule has 3 N–H and O–H groups in total. The van der Waals surface area contributed by atoms with E-state index in [1.54, 1.807) is 23.0 Å². The van der Waals surface area contributed by atoms with Crippen LogP contribution in [0.1, 0.15) is 60.1 Å². The topological polar surface area (TPSA) is 112 Å². The van der Waals surface area contributed by atoms with Crippen LogP contribution in [0.4, 0.5) is 5.82 Å². The fourth-order valence-electron chi connectivity index (χ4n) is 5.21. The van der Waals surface area contributed by atoms with Crippen molar-refractivity contribution in [3.8, 4) is 0 Å². The van der Waals surface area contributed by atoms with Crippen molar-refractivity contribution in [1.82, 2.24) is 25.0 Å². The number of aryl methyl sites for hydroxylation is 3. The monoisotopic (exact) mass is 504 g/mol. The third-order valence-electron chi connectivity index (χ3n) is 7.49. The van der Waals surface area contributed by atoms with Gasteiger partial charge in [-0.25, -0.2) is 9.78 Å². The van der Waals surface area contributed by atoms with Gasteiger partial charge in [-0.3, -0.25) is 9.48 Å². The summed E-state index contributed by atoms with van der Waals surface area (Å²) in [5.74, 6) is -0.338. The van der Waals surface area contributed by atoms with Crippen LogP contribution in [0, 0.1) is 0 Å². The molecule has 0 saturated heterocycles. The zero-order chi connectivity index (χ0) is 25.8. The number of amides is 1. The molecule has 3 aromatic rings. The van der Waals surface area contributed by atoms with E-state index >= 15 is 0 Å². The van der Waals surface area contributed by atoms with Gasteiger partial charge in [0.05, 0.1) is 17.3 Å². The van der Waals surface area contributed by atoms with Crippen molar-refractivity contribution in [2.24, 2.45) is 7.05 Å². The van der Waals surface area contributed by atoms with E-state index in [1.807, 2.05) is 13.1 Å². The number of nitrogens with one attached hydrogen (secondary N) is 2. The summed E-state index contributed by atoms with van der Waals surface area (Å²) in [5, 5.41) is 20.9. The summed E-state index contributed by atoms with van der Waals surface area (Å²) in [4.78, 5) is 32.2. The van der Waals surface area contributed by atoms with E-state index in [-0.39, 0.29) is 5.91 Å². The minimum absolute atomic E-state index is 0.374. The number of pyridine rings is 1. The summed E-state index contributed by atoms with van der Waals surface area (Å²) >= 11 is 0. The Balaban J connectivity index is 1.12. The van der Waals surface area contributed by atoms with Gasteiger partial charge in [0, 0.05) is 37.3 Å². The first-order chi connectivity index (χ1) is 18.0. The number of carbonyl (C=O) groups is 2. The average Bonchev–Trinajstić information content (AvgIpc) is 3.68. The van der Waals surface area contributed by atoms with E-state index in [4.69, 9.17) is 4.98 Å². The highest BCUT2D eigenvalue weighted by atomic mass is 16.4. The SMILES string of the molecule is Cn1ncc2c(C(=O)NC(CCN(CCCCc3ccc4c(n3)NCCC4)C3CC3)C(=O)O)cccc21. The maximum absolute atomic E-state index is 13.0. The first kappa shape index (κ1) is 25.2. The molecule has 2 aromatic heterocycles. The molecule has 2 aliphatic rings. The van der Waals surface area contributed by atoms with Gasteiger partial charge >= 0.3 is 5.97 Å². The number of rotatable bonds is 12. The molecule has 3 heterocycles. The number of unbranched alkanes of at least 4 members (excludes halogenated alkanes) is 1. The molecule has 1 saturated carbocycles. The Morgan fingerprint density at radius 2 is 2.08 bits per heavy atom. The summed E-state index contributed by atoms with van der Waals surface area (Å²) in [6.07, 6.45) is 9.63. The smallest absolute Gasteiger partial charge is 0.326 e. The standard InChI is InChI=1S/C28H36N6O3/c1-33-25-9-4-8-22(23(25)18-30-33)27(35)32-24(28(36)37)14-17-34(21-12-13-21)16-3-2-7-20-11-10-19-6-5-15-29-26(19)31-20/h4,8-11,18,21,24H,2-3,5-7,12-17H2,1H3,(H,29,31)(H,32,35)(H,36,37). The fourth-order valence-corrected chi connectivity index (χ4v) is 5.21. The normalized spacial score (nSPS) is 15.8. The Morgan fingerprint density at radius 1 is 1.22 bits per heavy atom. The van der Waals surface area contributed by atoms with Crippen molar-refractivity contribution >= 4 is 28.6 Å². The number of carboxylic acid groups (broad SMARTS) is 1. The lowest BCUT2D eigenvalue weighted by atomic mass is 10.1. The lowest BCUT2D eigenvalue weighted by Gasteiger charge is -2.24. The zero-order valence-corrected chi connectivity index (χ0v) is 21.4. The van der Waals surface area contributed by atoms with Crippen LogP contribution in [0.15, 0.2) is 36.5 Å².